The second-order valence-corrected chi connectivity index (χ2v) is 2.45. The first-order valence-electron chi connectivity index (χ1n) is 3.64. The van der Waals surface area contributed by atoms with E-state index in [2.05, 4.69) is 9.72 Å². The molecule has 1 aromatic heterocycles. The van der Waals surface area contributed by atoms with Gasteiger partial charge in [0.25, 0.3) is 0 Å². The predicted molar refractivity (Wildman–Crippen MR) is 40.7 cm³/mol. The Kier molecular flexibility index (Phi) is 3.06. The summed E-state index contributed by atoms with van der Waals surface area (Å²) in [5.41, 5.74) is 0.377. The second-order valence-electron chi connectivity index (χ2n) is 2.45. The number of pyridine rings is 1. The molecule has 0 saturated carbocycles. The molecule has 0 bridgehead atoms. The van der Waals surface area contributed by atoms with Gasteiger partial charge >= 0.3 is 6.36 Å². The maximum absolute atomic E-state index is 11.7. The minimum absolute atomic E-state index is 0.0159. The van der Waals surface area contributed by atoms with Gasteiger partial charge in [0.1, 0.15) is 12.0 Å². The van der Waals surface area contributed by atoms with E-state index in [0.29, 0.717) is 11.8 Å². The third-order valence-electron chi connectivity index (χ3n) is 1.32. The molecule has 1 heterocycles. The fourth-order valence-electron chi connectivity index (χ4n) is 0.861. The molecule has 0 aliphatic heterocycles. The van der Waals surface area contributed by atoms with Crippen molar-refractivity contribution in [1.29, 1.82) is 0 Å². The Bertz CT molecular complexity index is 325. The summed E-state index contributed by atoms with van der Waals surface area (Å²) >= 11 is 0. The molecule has 0 N–H and O–H groups in total. The highest BCUT2D eigenvalue weighted by Crippen LogP contribution is 2.22. The lowest BCUT2D eigenvalue weighted by atomic mass is 10.2. The Morgan fingerprint density at radius 2 is 2.14 bits per heavy atom. The third kappa shape index (κ3) is 3.42. The molecule has 1 aromatic rings. The van der Waals surface area contributed by atoms with Crippen LogP contribution in [-0.4, -0.2) is 17.6 Å². The van der Waals surface area contributed by atoms with Crippen molar-refractivity contribution in [3.63, 3.8) is 0 Å². The van der Waals surface area contributed by atoms with Crippen molar-refractivity contribution in [1.82, 2.24) is 4.98 Å². The largest absolute Gasteiger partial charge is 0.573 e. The van der Waals surface area contributed by atoms with Crippen LogP contribution in [-0.2, 0) is 11.2 Å². The molecule has 14 heavy (non-hydrogen) atoms. The van der Waals surface area contributed by atoms with Crippen LogP contribution in [0.1, 0.15) is 5.56 Å². The first-order valence-corrected chi connectivity index (χ1v) is 3.64. The minimum Gasteiger partial charge on any atom is -0.404 e. The Hall–Kier alpha value is -1.59. The van der Waals surface area contributed by atoms with E-state index in [9.17, 15) is 18.0 Å². The van der Waals surface area contributed by atoms with Crippen LogP contribution in [0.2, 0.25) is 0 Å². The first kappa shape index (κ1) is 10.5. The zero-order valence-corrected chi connectivity index (χ0v) is 6.91. The molecule has 3 nitrogen and oxygen atoms in total. The standard InChI is InChI=1S/C8H6F3NO2/c9-8(10,11)14-7-3-6(1-2-13)4-12-5-7/h2-5H,1H2. The number of aromatic nitrogens is 1. The Labute approximate surface area is 77.5 Å². The quantitative estimate of drug-likeness (QED) is 0.705. The summed E-state index contributed by atoms with van der Waals surface area (Å²) in [6.45, 7) is 0. The molecule has 0 radical (unpaired) electrons. The summed E-state index contributed by atoms with van der Waals surface area (Å²) in [6.07, 6.45) is -1.91. The molecule has 0 saturated heterocycles. The Balaban J connectivity index is 2.78. The number of carbonyl (C=O) groups excluding carboxylic acids is 1. The van der Waals surface area contributed by atoms with E-state index < -0.39 is 12.1 Å². The molecular formula is C8H6F3NO2. The number of hydrogen-bond acceptors (Lipinski definition) is 3. The summed E-state index contributed by atoms with van der Waals surface area (Å²) in [7, 11) is 0. The van der Waals surface area contributed by atoms with Gasteiger partial charge in [-0.05, 0) is 11.6 Å². The van der Waals surface area contributed by atoms with Gasteiger partial charge in [0.05, 0.1) is 6.20 Å². The SMILES string of the molecule is O=CCc1cncc(OC(F)(F)F)c1. The molecular weight excluding hydrogens is 199 g/mol. The molecule has 0 spiro atoms. The number of ether oxygens (including phenoxy) is 1. The van der Waals surface area contributed by atoms with Gasteiger partial charge in [-0.25, -0.2) is 0 Å². The highest BCUT2D eigenvalue weighted by Gasteiger charge is 2.31. The lowest BCUT2D eigenvalue weighted by molar-refractivity contribution is -0.274. The molecule has 6 heteroatoms. The second kappa shape index (κ2) is 4.08. The summed E-state index contributed by atoms with van der Waals surface area (Å²) < 4.78 is 38.8. The number of halogens is 3. The number of alkyl halides is 3. The van der Waals surface area contributed by atoms with Crippen molar-refractivity contribution in [3.8, 4) is 5.75 Å². The Morgan fingerprint density at radius 1 is 1.43 bits per heavy atom. The summed E-state index contributed by atoms with van der Waals surface area (Å²) in [6, 6.07) is 1.12. The summed E-state index contributed by atoms with van der Waals surface area (Å²) in [5, 5.41) is 0. The highest BCUT2D eigenvalue weighted by atomic mass is 19.4. The van der Waals surface area contributed by atoms with E-state index in [1.807, 2.05) is 0 Å². The van der Waals surface area contributed by atoms with E-state index >= 15 is 0 Å². The molecule has 0 unspecified atom stereocenters. The van der Waals surface area contributed by atoms with E-state index in [0.717, 1.165) is 12.3 Å². The zero-order valence-electron chi connectivity index (χ0n) is 6.91. The van der Waals surface area contributed by atoms with Gasteiger partial charge < -0.3 is 9.53 Å². The lowest BCUT2D eigenvalue weighted by Gasteiger charge is -2.08. The topological polar surface area (TPSA) is 39.2 Å². The fraction of sp³-hybridized carbons (Fsp3) is 0.250. The third-order valence-corrected chi connectivity index (χ3v) is 1.32. The van der Waals surface area contributed by atoms with Crippen molar-refractivity contribution >= 4 is 6.29 Å². The molecule has 1 rings (SSSR count). The average Bonchev–Trinajstić information content (AvgIpc) is 2.02. The van der Waals surface area contributed by atoms with Crippen molar-refractivity contribution < 1.29 is 22.7 Å². The molecule has 76 valence electrons. The molecule has 0 aromatic carbocycles. The monoisotopic (exact) mass is 205 g/mol. The molecule has 0 atom stereocenters. The number of rotatable bonds is 3. The van der Waals surface area contributed by atoms with Crippen molar-refractivity contribution in [2.75, 3.05) is 0 Å². The maximum atomic E-state index is 11.7. The van der Waals surface area contributed by atoms with Crippen LogP contribution >= 0.6 is 0 Å². The van der Waals surface area contributed by atoms with Gasteiger partial charge in [-0.1, -0.05) is 0 Å². The number of carbonyl (C=O) groups is 1. The van der Waals surface area contributed by atoms with E-state index in [4.69, 9.17) is 0 Å². The minimum atomic E-state index is -4.73. The molecule has 0 aliphatic carbocycles. The number of hydrogen-bond donors (Lipinski definition) is 0. The van der Waals surface area contributed by atoms with E-state index in [1.54, 1.807) is 0 Å². The first-order chi connectivity index (χ1) is 6.51. The fourth-order valence-corrected chi connectivity index (χ4v) is 0.861. The summed E-state index contributed by atoms with van der Waals surface area (Å²) in [4.78, 5) is 13.6. The van der Waals surface area contributed by atoms with Crippen molar-refractivity contribution in [3.05, 3.63) is 24.0 Å². The van der Waals surface area contributed by atoms with Crippen LogP contribution in [0.25, 0.3) is 0 Å². The molecule has 0 fully saturated rings. The average molecular weight is 205 g/mol. The molecule has 0 aliphatic rings. The predicted octanol–water partition coefficient (Wildman–Crippen LogP) is 1.72. The van der Waals surface area contributed by atoms with Crippen LogP contribution in [0.15, 0.2) is 18.5 Å². The lowest BCUT2D eigenvalue weighted by Crippen LogP contribution is -2.17. The van der Waals surface area contributed by atoms with Crippen LogP contribution in [0.4, 0.5) is 13.2 Å². The van der Waals surface area contributed by atoms with Crippen molar-refractivity contribution in [2.24, 2.45) is 0 Å². The van der Waals surface area contributed by atoms with Gasteiger partial charge in [0, 0.05) is 12.6 Å². The van der Waals surface area contributed by atoms with E-state index in [1.165, 1.54) is 6.20 Å². The van der Waals surface area contributed by atoms with Crippen LogP contribution in [0.5, 0.6) is 5.75 Å². The number of aldehydes is 1. The summed E-state index contributed by atoms with van der Waals surface area (Å²) in [5.74, 6) is -0.420. The normalized spacial score (nSPS) is 11.1. The van der Waals surface area contributed by atoms with Gasteiger partial charge in [0.2, 0.25) is 0 Å². The van der Waals surface area contributed by atoms with Gasteiger partial charge in [-0.15, -0.1) is 13.2 Å². The molecule has 0 amide bonds. The maximum Gasteiger partial charge on any atom is 0.573 e. The van der Waals surface area contributed by atoms with Crippen LogP contribution in [0.3, 0.4) is 0 Å². The van der Waals surface area contributed by atoms with E-state index in [-0.39, 0.29) is 6.42 Å². The number of nitrogens with zero attached hydrogens (tertiary/aromatic N) is 1. The van der Waals surface area contributed by atoms with Gasteiger partial charge in [-0.3, -0.25) is 4.98 Å². The highest BCUT2D eigenvalue weighted by molar-refractivity contribution is 5.54. The van der Waals surface area contributed by atoms with Crippen LogP contribution < -0.4 is 4.74 Å². The Morgan fingerprint density at radius 3 is 2.71 bits per heavy atom. The van der Waals surface area contributed by atoms with Crippen molar-refractivity contribution in [2.45, 2.75) is 12.8 Å². The smallest absolute Gasteiger partial charge is 0.404 e. The van der Waals surface area contributed by atoms with Gasteiger partial charge in [0.15, 0.2) is 0 Å². The zero-order chi connectivity index (χ0) is 10.6. The van der Waals surface area contributed by atoms with Gasteiger partial charge in [-0.2, -0.15) is 0 Å². The van der Waals surface area contributed by atoms with Crippen LogP contribution in [0, 0.1) is 0 Å².